The Morgan fingerprint density at radius 3 is 2.00 bits per heavy atom. The lowest BCUT2D eigenvalue weighted by Crippen LogP contribution is -2.08. The van der Waals surface area contributed by atoms with Gasteiger partial charge in [0.25, 0.3) is 0 Å². The molecule has 2 atom stereocenters. The van der Waals surface area contributed by atoms with Gasteiger partial charge in [-0.2, -0.15) is 0 Å². The molecule has 2 unspecified atom stereocenters. The fourth-order valence-electron chi connectivity index (χ4n) is 2.55. The third-order valence-corrected chi connectivity index (χ3v) is 3.54. The molecule has 0 bridgehead atoms. The topological polar surface area (TPSA) is 86.7 Å². The average molecular weight is 249 g/mol. The Bertz CT molecular complexity index is 155. The highest BCUT2D eigenvalue weighted by atomic mass is 16.2. The minimum Gasteiger partial charge on any atom is -0.412 e. The van der Waals surface area contributed by atoms with Gasteiger partial charge < -0.3 is 16.7 Å². The van der Waals surface area contributed by atoms with E-state index in [4.69, 9.17) is 5.11 Å². The first-order valence-electron chi connectivity index (χ1n) is 6.44. The van der Waals surface area contributed by atoms with Gasteiger partial charge in [-0.25, -0.2) is 0 Å². The van der Waals surface area contributed by atoms with Gasteiger partial charge in [0.1, 0.15) is 0 Å². The molecule has 0 aromatic heterocycles. The van der Waals surface area contributed by atoms with E-state index in [0.29, 0.717) is 5.41 Å². The van der Waals surface area contributed by atoms with Crippen LogP contribution in [0.3, 0.4) is 0 Å². The van der Waals surface area contributed by atoms with Crippen LogP contribution in [0.2, 0.25) is 0 Å². The van der Waals surface area contributed by atoms with Crippen molar-refractivity contribution in [1.29, 1.82) is 0 Å². The molecule has 0 aliphatic heterocycles. The molecule has 1 rings (SSSR count). The van der Waals surface area contributed by atoms with Gasteiger partial charge in [-0.1, -0.05) is 59.8 Å². The molecule has 0 heterocycles. The first kappa shape index (κ1) is 22.1. The molecule has 1 aliphatic rings. The van der Waals surface area contributed by atoms with E-state index in [9.17, 15) is 0 Å². The molecule has 6 N–H and O–H groups in total. The maximum absolute atomic E-state index is 7.00. The molecule has 108 valence electrons. The van der Waals surface area contributed by atoms with Crippen molar-refractivity contribution in [1.82, 2.24) is 6.15 Å². The fraction of sp³-hybridized carbons (Fsp3) is 1.00. The molecule has 17 heavy (non-hydrogen) atoms. The zero-order chi connectivity index (χ0) is 11.9. The summed E-state index contributed by atoms with van der Waals surface area (Å²) in [6.07, 6.45) is 8.81. The smallest absolute Gasteiger partial charge is 0.0319 e. The molecule has 1 saturated carbocycles. The third kappa shape index (κ3) is 10.7. The van der Waals surface area contributed by atoms with Crippen molar-refractivity contribution in [3.05, 3.63) is 0 Å². The van der Waals surface area contributed by atoms with E-state index >= 15 is 0 Å². The van der Waals surface area contributed by atoms with E-state index < -0.39 is 0 Å². The second-order valence-electron chi connectivity index (χ2n) is 6.12. The molecular formula is C14H35NO2. The normalized spacial score (nSPS) is 22.9. The molecule has 0 spiro atoms. The lowest BCUT2D eigenvalue weighted by Gasteiger charge is -2.20. The highest BCUT2D eigenvalue weighted by Gasteiger charge is 2.23. The van der Waals surface area contributed by atoms with Crippen molar-refractivity contribution >= 4 is 0 Å². The second kappa shape index (κ2) is 11.0. The molecule has 0 aromatic carbocycles. The van der Waals surface area contributed by atoms with Crippen molar-refractivity contribution in [3.8, 4) is 0 Å². The summed E-state index contributed by atoms with van der Waals surface area (Å²) in [5, 5.41) is 7.00. The van der Waals surface area contributed by atoms with E-state index in [-0.39, 0.29) is 11.6 Å². The molecule has 0 amide bonds. The third-order valence-electron chi connectivity index (χ3n) is 3.54. The number of aliphatic hydroxyl groups excluding tert-OH is 1. The van der Waals surface area contributed by atoms with E-state index in [1.165, 1.54) is 38.5 Å². The minimum absolute atomic E-state index is 0. The molecule has 1 aliphatic carbocycles. The predicted molar refractivity (Wildman–Crippen MR) is 76.6 cm³/mol. The van der Waals surface area contributed by atoms with Crippen LogP contribution in [0.5, 0.6) is 0 Å². The lowest BCUT2D eigenvalue weighted by atomic mass is 9.85. The number of rotatable bonds is 3. The van der Waals surface area contributed by atoms with Crippen LogP contribution in [-0.4, -0.2) is 17.7 Å². The summed E-state index contributed by atoms with van der Waals surface area (Å²) in [4.78, 5) is 0. The minimum atomic E-state index is 0. The summed E-state index contributed by atoms with van der Waals surface area (Å²) in [6, 6.07) is 0. The van der Waals surface area contributed by atoms with Crippen LogP contribution in [0.1, 0.15) is 66.2 Å². The summed E-state index contributed by atoms with van der Waals surface area (Å²) in [5.41, 5.74) is 0.543. The second-order valence-corrected chi connectivity index (χ2v) is 6.12. The first-order chi connectivity index (χ1) is 6.99. The van der Waals surface area contributed by atoms with Gasteiger partial charge in [0.15, 0.2) is 0 Å². The summed E-state index contributed by atoms with van der Waals surface area (Å²) in [5.74, 6) is 2.07. The SMILES string of the molecule is CC1CCCC1CCCC(C)(C)C.CO.N.O. The molecule has 0 radical (unpaired) electrons. The van der Waals surface area contributed by atoms with Gasteiger partial charge in [-0.3, -0.25) is 0 Å². The Morgan fingerprint density at radius 2 is 1.65 bits per heavy atom. The largest absolute Gasteiger partial charge is 0.412 e. The Balaban J connectivity index is -0.000000464. The monoisotopic (exact) mass is 249 g/mol. The zero-order valence-corrected chi connectivity index (χ0v) is 12.6. The Morgan fingerprint density at radius 1 is 1.12 bits per heavy atom. The summed E-state index contributed by atoms with van der Waals surface area (Å²) in [7, 11) is 1.00. The van der Waals surface area contributed by atoms with E-state index in [2.05, 4.69) is 27.7 Å². The summed E-state index contributed by atoms with van der Waals surface area (Å²) >= 11 is 0. The van der Waals surface area contributed by atoms with Crippen LogP contribution in [0, 0.1) is 17.3 Å². The maximum Gasteiger partial charge on any atom is 0.0319 e. The van der Waals surface area contributed by atoms with Crippen LogP contribution in [-0.2, 0) is 0 Å². The number of hydrogen-bond acceptors (Lipinski definition) is 2. The van der Waals surface area contributed by atoms with Gasteiger partial charge in [0.2, 0.25) is 0 Å². The van der Waals surface area contributed by atoms with Gasteiger partial charge in [0, 0.05) is 7.11 Å². The zero-order valence-electron chi connectivity index (χ0n) is 12.6. The van der Waals surface area contributed by atoms with Gasteiger partial charge in [0.05, 0.1) is 0 Å². The van der Waals surface area contributed by atoms with Crippen LogP contribution in [0.4, 0.5) is 0 Å². The molecule has 1 fully saturated rings. The van der Waals surface area contributed by atoms with Gasteiger partial charge in [-0.15, -0.1) is 0 Å². The van der Waals surface area contributed by atoms with Crippen LogP contribution in [0.25, 0.3) is 0 Å². The fourth-order valence-corrected chi connectivity index (χ4v) is 2.55. The van der Waals surface area contributed by atoms with Crippen LogP contribution in [0.15, 0.2) is 0 Å². The Kier molecular flexibility index (Phi) is 14.3. The van der Waals surface area contributed by atoms with E-state index in [0.717, 1.165) is 18.9 Å². The highest BCUT2D eigenvalue weighted by molar-refractivity contribution is 4.74. The molecular weight excluding hydrogens is 214 g/mol. The lowest BCUT2D eigenvalue weighted by molar-refractivity contribution is 0.315. The number of hydrogen-bond donors (Lipinski definition) is 2. The van der Waals surface area contributed by atoms with E-state index in [1.54, 1.807) is 0 Å². The van der Waals surface area contributed by atoms with Crippen LogP contribution >= 0.6 is 0 Å². The summed E-state index contributed by atoms with van der Waals surface area (Å²) in [6.45, 7) is 9.50. The highest BCUT2D eigenvalue weighted by Crippen LogP contribution is 2.35. The Hall–Kier alpha value is -0.120. The maximum atomic E-state index is 7.00. The first-order valence-corrected chi connectivity index (χ1v) is 6.44. The van der Waals surface area contributed by atoms with Gasteiger partial charge >= 0.3 is 0 Å². The Labute approximate surface area is 108 Å². The molecule has 3 nitrogen and oxygen atoms in total. The van der Waals surface area contributed by atoms with Crippen LogP contribution < -0.4 is 6.15 Å². The quantitative estimate of drug-likeness (QED) is 0.800. The standard InChI is InChI=1S/C13H26.CH4O.H3N.H2O/c1-11-7-5-8-12(11)9-6-10-13(2,3)4;1-2;;/h11-12H,5-10H2,1-4H3;2H,1H3;1H3;1H2. The van der Waals surface area contributed by atoms with Gasteiger partial charge in [-0.05, 0) is 23.7 Å². The summed E-state index contributed by atoms with van der Waals surface area (Å²) < 4.78 is 0. The van der Waals surface area contributed by atoms with Crippen molar-refractivity contribution in [2.24, 2.45) is 17.3 Å². The van der Waals surface area contributed by atoms with Crippen molar-refractivity contribution in [2.75, 3.05) is 7.11 Å². The number of aliphatic hydroxyl groups is 1. The molecule has 0 saturated heterocycles. The average Bonchev–Trinajstić information content (AvgIpc) is 2.53. The molecule has 3 heteroatoms. The predicted octanol–water partition coefficient (Wildman–Crippen LogP) is 3.58. The molecule has 0 aromatic rings. The van der Waals surface area contributed by atoms with Crippen molar-refractivity contribution < 1.29 is 10.6 Å². The van der Waals surface area contributed by atoms with Crippen molar-refractivity contribution in [2.45, 2.75) is 66.2 Å². The van der Waals surface area contributed by atoms with Crippen molar-refractivity contribution in [3.63, 3.8) is 0 Å². The van der Waals surface area contributed by atoms with E-state index in [1.807, 2.05) is 0 Å².